The predicted octanol–water partition coefficient (Wildman–Crippen LogP) is 2.55. The molecule has 0 fully saturated rings. The maximum atomic E-state index is 4.57. The van der Waals surface area contributed by atoms with Gasteiger partial charge in [-0.2, -0.15) is 5.10 Å². The summed E-state index contributed by atoms with van der Waals surface area (Å²) in [4.78, 5) is 4.57. The molecule has 2 heterocycles. The molecule has 1 aromatic heterocycles. The second kappa shape index (κ2) is 6.39. The third kappa shape index (κ3) is 3.32. The molecule has 0 bridgehead atoms. The number of aryl methyl sites for hydroxylation is 2. The van der Waals surface area contributed by atoms with Crippen molar-refractivity contribution in [3.63, 3.8) is 0 Å². The Morgan fingerprint density at radius 3 is 2.90 bits per heavy atom. The Bertz CT molecular complexity index is 576. The van der Waals surface area contributed by atoms with Gasteiger partial charge in [0.15, 0.2) is 5.82 Å². The van der Waals surface area contributed by atoms with Crippen LogP contribution in [0.25, 0.3) is 0 Å². The van der Waals surface area contributed by atoms with E-state index in [9.17, 15) is 0 Å². The van der Waals surface area contributed by atoms with Gasteiger partial charge in [-0.3, -0.25) is 0 Å². The van der Waals surface area contributed by atoms with Crippen LogP contribution in [0.4, 0.5) is 0 Å². The van der Waals surface area contributed by atoms with Crippen LogP contribution in [-0.4, -0.2) is 27.4 Å². The SMILES string of the molecule is CCc1nc2n(n1)CC(NCC(C)c1ccccc1)CC2. The van der Waals surface area contributed by atoms with E-state index in [1.54, 1.807) is 0 Å². The molecule has 0 saturated heterocycles. The average Bonchev–Trinajstić information content (AvgIpc) is 2.95. The monoisotopic (exact) mass is 284 g/mol. The highest BCUT2D eigenvalue weighted by molar-refractivity contribution is 5.19. The Kier molecular flexibility index (Phi) is 4.34. The molecule has 0 saturated carbocycles. The zero-order chi connectivity index (χ0) is 14.7. The lowest BCUT2D eigenvalue weighted by molar-refractivity contribution is 0.353. The highest BCUT2D eigenvalue weighted by atomic mass is 15.4. The van der Waals surface area contributed by atoms with Gasteiger partial charge in [0, 0.05) is 25.4 Å². The Morgan fingerprint density at radius 1 is 1.33 bits per heavy atom. The second-order valence-electron chi connectivity index (χ2n) is 5.94. The van der Waals surface area contributed by atoms with E-state index in [4.69, 9.17) is 0 Å². The third-order valence-electron chi connectivity index (χ3n) is 4.30. The molecule has 1 aliphatic rings. The van der Waals surface area contributed by atoms with Crippen LogP contribution in [0.3, 0.4) is 0 Å². The van der Waals surface area contributed by atoms with Crippen LogP contribution in [0.5, 0.6) is 0 Å². The number of fused-ring (bicyclic) bond motifs is 1. The number of hydrogen-bond donors (Lipinski definition) is 1. The largest absolute Gasteiger partial charge is 0.312 e. The van der Waals surface area contributed by atoms with Gasteiger partial charge in [0.1, 0.15) is 5.82 Å². The molecule has 4 heteroatoms. The van der Waals surface area contributed by atoms with E-state index in [1.165, 1.54) is 5.56 Å². The quantitative estimate of drug-likeness (QED) is 0.917. The smallest absolute Gasteiger partial charge is 0.150 e. The van der Waals surface area contributed by atoms with Gasteiger partial charge >= 0.3 is 0 Å². The minimum atomic E-state index is 0.509. The number of rotatable bonds is 5. The first-order chi connectivity index (χ1) is 10.3. The van der Waals surface area contributed by atoms with Gasteiger partial charge < -0.3 is 5.32 Å². The average molecular weight is 284 g/mol. The molecule has 0 radical (unpaired) electrons. The van der Waals surface area contributed by atoms with Crippen molar-refractivity contribution in [2.24, 2.45) is 0 Å². The lowest BCUT2D eigenvalue weighted by Gasteiger charge is -2.25. The fraction of sp³-hybridized carbons (Fsp3) is 0.529. The zero-order valence-corrected chi connectivity index (χ0v) is 12.9. The first-order valence-corrected chi connectivity index (χ1v) is 7.97. The third-order valence-corrected chi connectivity index (χ3v) is 4.30. The molecular weight excluding hydrogens is 260 g/mol. The molecule has 0 amide bonds. The van der Waals surface area contributed by atoms with Crippen molar-refractivity contribution in [2.75, 3.05) is 6.54 Å². The fourth-order valence-electron chi connectivity index (χ4n) is 2.92. The van der Waals surface area contributed by atoms with Crippen molar-refractivity contribution in [1.82, 2.24) is 20.1 Å². The van der Waals surface area contributed by atoms with E-state index in [2.05, 4.69) is 64.3 Å². The van der Waals surface area contributed by atoms with E-state index in [0.29, 0.717) is 12.0 Å². The first-order valence-electron chi connectivity index (χ1n) is 7.97. The van der Waals surface area contributed by atoms with Crippen LogP contribution in [-0.2, 0) is 19.4 Å². The van der Waals surface area contributed by atoms with Crippen molar-refractivity contribution in [3.8, 4) is 0 Å². The van der Waals surface area contributed by atoms with Crippen molar-refractivity contribution in [3.05, 3.63) is 47.5 Å². The molecule has 1 aliphatic heterocycles. The maximum absolute atomic E-state index is 4.57. The highest BCUT2D eigenvalue weighted by Crippen LogP contribution is 2.16. The van der Waals surface area contributed by atoms with Crippen molar-refractivity contribution < 1.29 is 0 Å². The lowest BCUT2D eigenvalue weighted by Crippen LogP contribution is -2.39. The van der Waals surface area contributed by atoms with E-state index >= 15 is 0 Å². The Morgan fingerprint density at radius 2 is 2.14 bits per heavy atom. The van der Waals surface area contributed by atoms with Gasteiger partial charge in [-0.15, -0.1) is 0 Å². The molecule has 3 rings (SSSR count). The van der Waals surface area contributed by atoms with Crippen LogP contribution in [0.1, 0.15) is 43.4 Å². The maximum Gasteiger partial charge on any atom is 0.150 e. The van der Waals surface area contributed by atoms with E-state index < -0.39 is 0 Å². The van der Waals surface area contributed by atoms with Gasteiger partial charge in [-0.1, -0.05) is 44.2 Å². The molecule has 0 aliphatic carbocycles. The molecule has 1 aromatic carbocycles. The summed E-state index contributed by atoms with van der Waals surface area (Å²) < 4.78 is 2.09. The van der Waals surface area contributed by atoms with Gasteiger partial charge in [-0.25, -0.2) is 9.67 Å². The second-order valence-corrected chi connectivity index (χ2v) is 5.94. The van der Waals surface area contributed by atoms with Crippen LogP contribution >= 0.6 is 0 Å². The topological polar surface area (TPSA) is 42.7 Å². The van der Waals surface area contributed by atoms with Gasteiger partial charge in [0.25, 0.3) is 0 Å². The van der Waals surface area contributed by atoms with Gasteiger partial charge in [0.05, 0.1) is 6.54 Å². The van der Waals surface area contributed by atoms with Crippen LogP contribution in [0.15, 0.2) is 30.3 Å². The molecule has 4 nitrogen and oxygen atoms in total. The summed E-state index contributed by atoms with van der Waals surface area (Å²) in [6.45, 7) is 6.35. The summed E-state index contributed by atoms with van der Waals surface area (Å²) in [5.41, 5.74) is 1.40. The molecule has 1 N–H and O–H groups in total. The Hall–Kier alpha value is -1.68. The molecule has 112 valence electrons. The van der Waals surface area contributed by atoms with E-state index in [-0.39, 0.29) is 0 Å². The number of benzene rings is 1. The Balaban J connectivity index is 1.55. The van der Waals surface area contributed by atoms with Crippen LogP contribution in [0, 0.1) is 0 Å². The zero-order valence-electron chi connectivity index (χ0n) is 12.9. The summed E-state index contributed by atoms with van der Waals surface area (Å²) in [7, 11) is 0. The summed E-state index contributed by atoms with van der Waals surface area (Å²) in [5, 5.41) is 8.27. The van der Waals surface area contributed by atoms with Gasteiger partial charge in [-0.05, 0) is 17.9 Å². The summed E-state index contributed by atoms with van der Waals surface area (Å²) in [6, 6.07) is 11.2. The normalized spacial score (nSPS) is 19.2. The molecule has 2 aromatic rings. The number of hydrogen-bond acceptors (Lipinski definition) is 3. The Labute approximate surface area is 126 Å². The lowest BCUT2D eigenvalue weighted by atomic mass is 10.00. The predicted molar refractivity (Wildman–Crippen MR) is 84.4 cm³/mol. The minimum absolute atomic E-state index is 0.509. The molecule has 21 heavy (non-hydrogen) atoms. The van der Waals surface area contributed by atoms with Crippen molar-refractivity contribution in [2.45, 2.75) is 51.6 Å². The van der Waals surface area contributed by atoms with Crippen LogP contribution in [0.2, 0.25) is 0 Å². The summed E-state index contributed by atoms with van der Waals surface area (Å²) >= 11 is 0. The minimum Gasteiger partial charge on any atom is -0.312 e. The number of nitrogens with zero attached hydrogens (tertiary/aromatic N) is 3. The van der Waals surface area contributed by atoms with Gasteiger partial charge in [0.2, 0.25) is 0 Å². The number of nitrogens with one attached hydrogen (secondary N) is 1. The molecule has 2 atom stereocenters. The molecule has 2 unspecified atom stereocenters. The number of aromatic nitrogens is 3. The van der Waals surface area contributed by atoms with E-state index in [1.807, 2.05) is 0 Å². The standard InChI is InChI=1S/C17H24N4/c1-3-16-19-17-10-9-15(12-21(17)20-16)18-11-13(2)14-7-5-4-6-8-14/h4-8,13,15,18H,3,9-12H2,1-2H3. The summed E-state index contributed by atoms with van der Waals surface area (Å²) in [5.74, 6) is 2.67. The highest BCUT2D eigenvalue weighted by Gasteiger charge is 2.21. The first kappa shape index (κ1) is 14.3. The van der Waals surface area contributed by atoms with Crippen molar-refractivity contribution >= 4 is 0 Å². The molecule has 0 spiro atoms. The fourth-order valence-corrected chi connectivity index (χ4v) is 2.92. The molecular formula is C17H24N4. The van der Waals surface area contributed by atoms with E-state index in [0.717, 1.165) is 44.0 Å². The summed E-state index contributed by atoms with van der Waals surface area (Å²) in [6.07, 6.45) is 3.11. The van der Waals surface area contributed by atoms with Crippen molar-refractivity contribution in [1.29, 1.82) is 0 Å². The van der Waals surface area contributed by atoms with Crippen LogP contribution < -0.4 is 5.32 Å².